The maximum Gasteiger partial charge on any atom is 0.316 e. The lowest BCUT2D eigenvalue weighted by Gasteiger charge is -1.89. The van der Waals surface area contributed by atoms with Gasteiger partial charge in [0.15, 0.2) is 5.03 Å². The molecule has 0 amide bonds. The molecule has 0 saturated carbocycles. The zero-order valence-corrected chi connectivity index (χ0v) is 6.21. The lowest BCUT2D eigenvalue weighted by atomic mass is 10.8. The van der Waals surface area contributed by atoms with Crippen molar-refractivity contribution in [2.75, 3.05) is 5.75 Å². The Balaban J connectivity index is 2.64. The molecule has 1 rings (SSSR count). The van der Waals surface area contributed by atoms with E-state index < -0.39 is 22.5 Å². The Hall–Kier alpha value is -1.17. The van der Waals surface area contributed by atoms with Gasteiger partial charge in [0.05, 0.1) is 10.8 Å². The van der Waals surface area contributed by atoms with Gasteiger partial charge in [-0.1, -0.05) is 5.16 Å². The van der Waals surface area contributed by atoms with E-state index in [1.165, 1.54) is 12.3 Å². The van der Waals surface area contributed by atoms with Gasteiger partial charge in [0.25, 0.3) is 0 Å². The van der Waals surface area contributed by atoms with Crippen LogP contribution in [0.4, 0.5) is 0 Å². The molecule has 0 saturated heterocycles. The molecule has 60 valence electrons. The molecule has 0 aliphatic rings. The molecular weight excluding hydrogens is 170 g/mol. The minimum atomic E-state index is -1.59. The molecule has 0 spiro atoms. The number of nitrogens with zero attached hydrogens (tertiary/aromatic N) is 1. The Morgan fingerprint density at radius 1 is 1.82 bits per heavy atom. The molecule has 0 radical (unpaired) electrons. The van der Waals surface area contributed by atoms with Gasteiger partial charge in [0.2, 0.25) is 0 Å². The quantitative estimate of drug-likeness (QED) is 0.691. The molecule has 0 fully saturated rings. The first kappa shape index (κ1) is 7.93. The third kappa shape index (κ3) is 2.15. The summed E-state index contributed by atoms with van der Waals surface area (Å²) >= 11 is 0. The van der Waals surface area contributed by atoms with Crippen LogP contribution in [0.2, 0.25) is 0 Å². The summed E-state index contributed by atoms with van der Waals surface area (Å²) in [6.45, 7) is 0. The van der Waals surface area contributed by atoms with Gasteiger partial charge in [-0.15, -0.1) is 0 Å². The molecule has 5 nitrogen and oxygen atoms in total. The normalized spacial score (nSPS) is 12.7. The predicted molar refractivity (Wildman–Crippen MR) is 35.4 cm³/mol. The van der Waals surface area contributed by atoms with E-state index in [1.807, 2.05) is 0 Å². The summed E-state index contributed by atoms with van der Waals surface area (Å²) in [5.41, 5.74) is 0. The number of aromatic nitrogens is 1. The Kier molecular flexibility index (Phi) is 2.37. The van der Waals surface area contributed by atoms with E-state index in [2.05, 4.69) is 9.68 Å². The van der Waals surface area contributed by atoms with Crippen LogP contribution < -0.4 is 0 Å². The molecule has 0 aliphatic carbocycles. The molecular formula is C5H5NO4S. The van der Waals surface area contributed by atoms with Crippen LogP contribution in [0.15, 0.2) is 21.9 Å². The number of carbonyl (C=O) groups is 1. The van der Waals surface area contributed by atoms with E-state index >= 15 is 0 Å². The average Bonchev–Trinajstić information content (AvgIpc) is 2.35. The molecule has 0 aliphatic heterocycles. The van der Waals surface area contributed by atoms with E-state index in [4.69, 9.17) is 5.11 Å². The summed E-state index contributed by atoms with van der Waals surface area (Å²) in [4.78, 5) is 10.1. The van der Waals surface area contributed by atoms with Crippen LogP contribution in [0.25, 0.3) is 0 Å². The molecule has 1 atom stereocenters. The molecule has 1 aromatic heterocycles. The minimum absolute atomic E-state index is 0.160. The summed E-state index contributed by atoms with van der Waals surface area (Å²) < 4.78 is 15.3. The Bertz CT molecular complexity index is 268. The van der Waals surface area contributed by atoms with Crippen molar-refractivity contribution < 1.29 is 18.6 Å². The minimum Gasteiger partial charge on any atom is -0.481 e. The van der Waals surface area contributed by atoms with Gasteiger partial charge in [0, 0.05) is 6.07 Å². The first-order chi connectivity index (χ1) is 5.20. The summed E-state index contributed by atoms with van der Waals surface area (Å²) in [6, 6.07) is 1.37. The third-order valence-corrected chi connectivity index (χ3v) is 2.09. The summed E-state index contributed by atoms with van der Waals surface area (Å²) in [6.07, 6.45) is 1.25. The van der Waals surface area contributed by atoms with Crippen LogP contribution in [0.3, 0.4) is 0 Å². The molecule has 1 N–H and O–H groups in total. The number of carboxylic acids is 1. The van der Waals surface area contributed by atoms with Crippen molar-refractivity contribution in [1.82, 2.24) is 5.16 Å². The standard InChI is InChI=1S/C5H5NO4S/c7-5(8)3-11(9)4-1-2-10-6-4/h1-2H,3H2,(H,7,8). The average molecular weight is 175 g/mol. The fourth-order valence-corrected chi connectivity index (χ4v) is 1.21. The van der Waals surface area contributed by atoms with Crippen LogP contribution in [-0.4, -0.2) is 26.2 Å². The number of hydrogen-bond donors (Lipinski definition) is 1. The maximum absolute atomic E-state index is 10.9. The first-order valence-electron chi connectivity index (χ1n) is 2.70. The zero-order chi connectivity index (χ0) is 8.27. The van der Waals surface area contributed by atoms with Gasteiger partial charge >= 0.3 is 5.97 Å². The van der Waals surface area contributed by atoms with E-state index in [0.717, 1.165) is 0 Å². The SMILES string of the molecule is O=C(O)CS(=O)c1ccon1. The topological polar surface area (TPSA) is 80.4 Å². The highest BCUT2D eigenvalue weighted by Gasteiger charge is 2.10. The fraction of sp³-hybridized carbons (Fsp3) is 0.200. The van der Waals surface area contributed by atoms with Gasteiger partial charge in [-0.25, -0.2) is 0 Å². The van der Waals surface area contributed by atoms with E-state index in [9.17, 15) is 9.00 Å². The van der Waals surface area contributed by atoms with Gasteiger partial charge < -0.3 is 9.63 Å². The molecule has 0 aromatic carbocycles. The van der Waals surface area contributed by atoms with Gasteiger partial charge in [0.1, 0.15) is 12.0 Å². The zero-order valence-electron chi connectivity index (χ0n) is 5.39. The highest BCUT2D eigenvalue weighted by molar-refractivity contribution is 7.85. The van der Waals surface area contributed by atoms with Crippen LogP contribution in [0.5, 0.6) is 0 Å². The van der Waals surface area contributed by atoms with Crippen molar-refractivity contribution in [3.8, 4) is 0 Å². The lowest BCUT2D eigenvalue weighted by molar-refractivity contribution is -0.133. The smallest absolute Gasteiger partial charge is 0.316 e. The fourth-order valence-electron chi connectivity index (χ4n) is 0.505. The molecule has 1 heterocycles. The summed E-state index contributed by atoms with van der Waals surface area (Å²) in [5.74, 6) is -1.56. The van der Waals surface area contributed by atoms with Crippen molar-refractivity contribution in [1.29, 1.82) is 0 Å². The van der Waals surface area contributed by atoms with Crippen LogP contribution >= 0.6 is 0 Å². The van der Waals surface area contributed by atoms with Gasteiger partial charge in [-0.05, 0) is 0 Å². The van der Waals surface area contributed by atoms with Crippen molar-refractivity contribution in [2.45, 2.75) is 5.03 Å². The molecule has 1 aromatic rings. The second-order valence-electron chi connectivity index (χ2n) is 1.72. The van der Waals surface area contributed by atoms with Crippen LogP contribution in [0, 0.1) is 0 Å². The number of carboxylic acid groups (broad SMARTS) is 1. The molecule has 1 unspecified atom stereocenters. The molecule has 0 bridgehead atoms. The van der Waals surface area contributed by atoms with Crippen LogP contribution in [-0.2, 0) is 15.6 Å². The number of rotatable bonds is 3. The second-order valence-corrected chi connectivity index (χ2v) is 3.12. The lowest BCUT2D eigenvalue weighted by Crippen LogP contribution is -2.09. The van der Waals surface area contributed by atoms with Gasteiger partial charge in [-0.2, -0.15) is 0 Å². The maximum atomic E-state index is 10.9. The second kappa shape index (κ2) is 3.29. The molecule has 11 heavy (non-hydrogen) atoms. The van der Waals surface area contributed by atoms with E-state index in [1.54, 1.807) is 0 Å². The van der Waals surface area contributed by atoms with Crippen LogP contribution in [0.1, 0.15) is 0 Å². The highest BCUT2D eigenvalue weighted by atomic mass is 32.2. The monoisotopic (exact) mass is 175 g/mol. The summed E-state index contributed by atoms with van der Waals surface area (Å²) in [7, 11) is -1.59. The predicted octanol–water partition coefficient (Wildman–Crippen LogP) is -0.133. The number of hydrogen-bond acceptors (Lipinski definition) is 4. The van der Waals surface area contributed by atoms with Crippen molar-refractivity contribution in [2.24, 2.45) is 0 Å². The van der Waals surface area contributed by atoms with Crippen molar-refractivity contribution in [3.63, 3.8) is 0 Å². The Morgan fingerprint density at radius 2 is 2.55 bits per heavy atom. The number of aliphatic carboxylic acids is 1. The van der Waals surface area contributed by atoms with Gasteiger partial charge in [-0.3, -0.25) is 9.00 Å². The highest BCUT2D eigenvalue weighted by Crippen LogP contribution is 2.01. The van der Waals surface area contributed by atoms with Crippen molar-refractivity contribution in [3.05, 3.63) is 12.3 Å². The van der Waals surface area contributed by atoms with E-state index in [0.29, 0.717) is 0 Å². The largest absolute Gasteiger partial charge is 0.481 e. The Morgan fingerprint density at radius 3 is 3.00 bits per heavy atom. The first-order valence-corrected chi connectivity index (χ1v) is 4.02. The molecule has 6 heteroatoms. The Labute approximate surface area is 64.5 Å². The van der Waals surface area contributed by atoms with E-state index in [-0.39, 0.29) is 5.03 Å². The summed E-state index contributed by atoms with van der Waals surface area (Å²) in [5, 5.41) is 11.7. The van der Waals surface area contributed by atoms with Crippen molar-refractivity contribution >= 4 is 16.8 Å². The third-order valence-electron chi connectivity index (χ3n) is 0.902.